The van der Waals surface area contributed by atoms with Gasteiger partial charge in [0.05, 0.1) is 11.4 Å². The third kappa shape index (κ3) is 4.68. The number of rotatable bonds is 7. The van der Waals surface area contributed by atoms with Gasteiger partial charge in [-0.05, 0) is 45.9 Å². The average Bonchev–Trinajstić information content (AvgIpc) is 3.59. The van der Waals surface area contributed by atoms with Gasteiger partial charge in [-0.15, -0.1) is 10.2 Å². The predicted octanol–water partition coefficient (Wildman–Crippen LogP) is 6.98. The quantitative estimate of drug-likeness (QED) is 0.219. The molecule has 6 aromatic rings. The van der Waals surface area contributed by atoms with Crippen molar-refractivity contribution in [1.82, 2.24) is 29.5 Å². The van der Waals surface area contributed by atoms with Crippen molar-refractivity contribution in [3.05, 3.63) is 121 Å². The van der Waals surface area contributed by atoms with Gasteiger partial charge in [0.2, 0.25) is 10.3 Å². The second kappa shape index (κ2) is 10.2. The zero-order chi connectivity index (χ0) is 24.2. The van der Waals surface area contributed by atoms with Crippen molar-refractivity contribution in [3.63, 3.8) is 0 Å². The Bertz CT molecular complexity index is 1330. The number of aromatic nitrogens is 6. The molecule has 0 aliphatic carbocycles. The lowest BCUT2D eigenvalue weighted by molar-refractivity contribution is 0.838. The van der Waals surface area contributed by atoms with E-state index < -0.39 is 0 Å². The maximum atomic E-state index is 4.85. The number of nitrogens with zero attached hydrogens (tertiary/aromatic N) is 6. The summed E-state index contributed by atoms with van der Waals surface area (Å²) in [7, 11) is 2.89. The third-order valence-electron chi connectivity index (χ3n) is 5.43. The third-order valence-corrected chi connectivity index (χ3v) is 7.30. The van der Waals surface area contributed by atoms with Crippen LogP contribution in [0.5, 0.6) is 0 Å². The Labute approximate surface area is 216 Å². The molecule has 0 atom stereocenters. The molecule has 2 aromatic heterocycles. The lowest BCUT2D eigenvalue weighted by atomic mass is 10.2. The summed E-state index contributed by atoms with van der Waals surface area (Å²) in [5.41, 5.74) is 3.92. The van der Waals surface area contributed by atoms with Crippen molar-refractivity contribution in [2.75, 3.05) is 0 Å². The van der Waals surface area contributed by atoms with Crippen molar-refractivity contribution in [2.45, 2.75) is 10.3 Å². The minimum atomic E-state index is 0.639. The zero-order valence-corrected chi connectivity index (χ0v) is 20.7. The van der Waals surface area contributed by atoms with Gasteiger partial charge in [0, 0.05) is 11.1 Å². The highest BCUT2D eigenvalue weighted by molar-refractivity contribution is 8.76. The van der Waals surface area contributed by atoms with E-state index in [0.717, 1.165) is 34.2 Å². The molecule has 0 amide bonds. The number of para-hydroxylation sites is 2. The molecule has 0 aliphatic heterocycles. The van der Waals surface area contributed by atoms with E-state index in [9.17, 15) is 0 Å². The van der Waals surface area contributed by atoms with E-state index in [-0.39, 0.29) is 0 Å². The molecule has 0 saturated heterocycles. The summed E-state index contributed by atoms with van der Waals surface area (Å²) in [6.07, 6.45) is 0. The van der Waals surface area contributed by atoms with Crippen molar-refractivity contribution < 1.29 is 0 Å². The highest BCUT2D eigenvalue weighted by atomic mass is 33.1. The average molecular weight is 505 g/mol. The van der Waals surface area contributed by atoms with Gasteiger partial charge >= 0.3 is 0 Å². The van der Waals surface area contributed by atoms with E-state index in [1.165, 1.54) is 21.6 Å². The Kier molecular flexibility index (Phi) is 6.35. The van der Waals surface area contributed by atoms with E-state index in [2.05, 4.69) is 0 Å². The molecule has 6 nitrogen and oxygen atoms in total. The summed E-state index contributed by atoms with van der Waals surface area (Å²) in [6.45, 7) is 0. The van der Waals surface area contributed by atoms with Crippen LogP contribution in [0.3, 0.4) is 0 Å². The van der Waals surface area contributed by atoms with Gasteiger partial charge in [-0.25, -0.2) is 19.3 Å². The highest BCUT2D eigenvalue weighted by Crippen LogP contribution is 2.37. The molecule has 0 N–H and O–H groups in total. The summed E-state index contributed by atoms with van der Waals surface area (Å²) in [6, 6.07) is 40.3. The fraction of sp³-hybridized carbons (Fsp3) is 0. The van der Waals surface area contributed by atoms with Crippen LogP contribution in [0.1, 0.15) is 0 Å². The zero-order valence-electron chi connectivity index (χ0n) is 19.0. The molecule has 0 aliphatic rings. The Morgan fingerprint density at radius 3 is 1.11 bits per heavy atom. The van der Waals surface area contributed by atoms with E-state index in [1.54, 1.807) is 0 Å². The molecule has 36 heavy (non-hydrogen) atoms. The minimum absolute atomic E-state index is 0.639. The van der Waals surface area contributed by atoms with Gasteiger partial charge in [-0.2, -0.15) is 0 Å². The first-order valence-electron chi connectivity index (χ1n) is 11.4. The molecule has 0 spiro atoms. The molecule has 8 heteroatoms. The first-order valence-corrected chi connectivity index (χ1v) is 13.5. The Balaban J connectivity index is 1.33. The molecular weight excluding hydrogens is 484 g/mol. The maximum Gasteiger partial charge on any atom is 0.220 e. The lowest BCUT2D eigenvalue weighted by Crippen LogP contribution is -1.99. The smallest absolute Gasteiger partial charge is 0.212 e. The van der Waals surface area contributed by atoms with Crippen LogP contribution in [0.25, 0.3) is 34.2 Å². The van der Waals surface area contributed by atoms with E-state index in [0.29, 0.717) is 10.3 Å². The van der Waals surface area contributed by atoms with Crippen LogP contribution in [0, 0.1) is 0 Å². The van der Waals surface area contributed by atoms with Crippen LogP contribution in [0.4, 0.5) is 0 Å². The molecule has 0 bridgehead atoms. The summed E-state index contributed by atoms with van der Waals surface area (Å²) in [5.74, 6) is 1.58. The summed E-state index contributed by atoms with van der Waals surface area (Å²) >= 11 is 0. The van der Waals surface area contributed by atoms with Gasteiger partial charge in [0.15, 0.2) is 11.6 Å². The Morgan fingerprint density at radius 1 is 0.417 bits per heavy atom. The first-order chi connectivity index (χ1) is 17.8. The van der Waals surface area contributed by atoms with Crippen LogP contribution < -0.4 is 0 Å². The SMILES string of the molecule is c1ccc(-c2nc(SSc3nc(-c4ccccc4)n(-c4ccccc4)n3)nn2-c2ccccc2)cc1. The van der Waals surface area contributed by atoms with E-state index in [1.807, 2.05) is 131 Å². The topological polar surface area (TPSA) is 61.4 Å². The minimum Gasteiger partial charge on any atom is -0.212 e. The Hall–Kier alpha value is -4.14. The van der Waals surface area contributed by atoms with Gasteiger partial charge in [0.25, 0.3) is 0 Å². The van der Waals surface area contributed by atoms with Crippen molar-refractivity contribution >= 4 is 21.6 Å². The van der Waals surface area contributed by atoms with Gasteiger partial charge in [-0.1, -0.05) is 97.1 Å². The first kappa shape index (κ1) is 22.3. The summed E-state index contributed by atoms with van der Waals surface area (Å²) in [5, 5.41) is 10.9. The van der Waals surface area contributed by atoms with E-state index in [4.69, 9.17) is 20.2 Å². The second-order valence-electron chi connectivity index (χ2n) is 7.83. The number of hydrogen-bond acceptors (Lipinski definition) is 6. The molecule has 174 valence electrons. The molecule has 0 saturated carbocycles. The van der Waals surface area contributed by atoms with Crippen LogP contribution in [0.2, 0.25) is 0 Å². The molecule has 0 fully saturated rings. The van der Waals surface area contributed by atoms with Crippen molar-refractivity contribution in [2.24, 2.45) is 0 Å². The fourth-order valence-corrected chi connectivity index (χ4v) is 5.28. The largest absolute Gasteiger partial charge is 0.220 e. The number of hydrogen-bond donors (Lipinski definition) is 0. The fourth-order valence-electron chi connectivity index (χ4n) is 3.78. The van der Waals surface area contributed by atoms with E-state index >= 15 is 0 Å². The lowest BCUT2D eigenvalue weighted by Gasteiger charge is -2.05. The maximum absolute atomic E-state index is 4.85. The monoisotopic (exact) mass is 504 g/mol. The van der Waals surface area contributed by atoms with Gasteiger partial charge in [-0.3, -0.25) is 0 Å². The van der Waals surface area contributed by atoms with Crippen LogP contribution in [0.15, 0.2) is 132 Å². The molecular formula is C28H20N6S2. The van der Waals surface area contributed by atoms with Gasteiger partial charge in [0.1, 0.15) is 0 Å². The normalized spacial score (nSPS) is 11.0. The van der Waals surface area contributed by atoms with Crippen LogP contribution in [-0.4, -0.2) is 29.5 Å². The summed E-state index contributed by atoms with van der Waals surface area (Å²) < 4.78 is 3.76. The predicted molar refractivity (Wildman–Crippen MR) is 145 cm³/mol. The molecule has 0 unspecified atom stereocenters. The molecule has 0 radical (unpaired) electrons. The molecule has 4 aromatic carbocycles. The standard InChI is InChI=1S/C28H20N6S2/c1-5-13-21(14-6-1)25-29-27(31-33(25)23-17-9-3-10-18-23)35-36-28-30-26(22-15-7-2-8-16-22)34(32-28)24-19-11-4-12-20-24/h1-20H. The van der Waals surface area contributed by atoms with Crippen molar-refractivity contribution in [1.29, 1.82) is 0 Å². The van der Waals surface area contributed by atoms with Crippen molar-refractivity contribution in [3.8, 4) is 34.2 Å². The Morgan fingerprint density at radius 2 is 0.750 bits per heavy atom. The van der Waals surface area contributed by atoms with Crippen LogP contribution in [-0.2, 0) is 0 Å². The number of benzene rings is 4. The molecule has 2 heterocycles. The highest BCUT2D eigenvalue weighted by Gasteiger charge is 2.18. The summed E-state index contributed by atoms with van der Waals surface area (Å²) in [4.78, 5) is 9.70. The molecule has 6 rings (SSSR count). The second-order valence-corrected chi connectivity index (χ2v) is 9.89. The van der Waals surface area contributed by atoms with Crippen LogP contribution >= 0.6 is 21.6 Å². The van der Waals surface area contributed by atoms with Gasteiger partial charge < -0.3 is 0 Å².